The summed E-state index contributed by atoms with van der Waals surface area (Å²) in [5.41, 5.74) is 3.04. The first kappa shape index (κ1) is 18.3. The fraction of sp³-hybridized carbons (Fsp3) is 0.409. The lowest BCUT2D eigenvalue weighted by molar-refractivity contribution is -0.122. The first-order valence-electron chi connectivity index (χ1n) is 9.43. The largest absolute Gasteiger partial charge is 0.497 e. The monoisotopic (exact) mass is 352 g/mol. The maximum Gasteiger partial charge on any atom is 0.247 e. The first-order chi connectivity index (χ1) is 12.7. The Morgan fingerprint density at radius 1 is 1.08 bits per heavy atom. The van der Waals surface area contributed by atoms with Gasteiger partial charge in [0.1, 0.15) is 11.8 Å². The van der Waals surface area contributed by atoms with Crippen LogP contribution in [0, 0.1) is 6.92 Å². The average molecular weight is 352 g/mol. The van der Waals surface area contributed by atoms with Gasteiger partial charge in [0.15, 0.2) is 0 Å². The highest BCUT2D eigenvalue weighted by molar-refractivity contribution is 5.86. The molecule has 2 aromatic rings. The number of nitrogens with one attached hydrogen (secondary N) is 2. The van der Waals surface area contributed by atoms with Gasteiger partial charge in [-0.3, -0.25) is 4.79 Å². The molecular weight excluding hydrogens is 324 g/mol. The zero-order valence-electron chi connectivity index (χ0n) is 15.6. The van der Waals surface area contributed by atoms with Crippen molar-refractivity contribution >= 4 is 11.6 Å². The molecule has 26 heavy (non-hydrogen) atoms. The standard InChI is InChI=1S/C22H28N2O2/c1-16-7-6-10-19(15-16)23-21(17-11-13-20(26-2)14-12-17)22(25)24-18-8-4-3-5-9-18/h6-7,10-15,18,21,23H,3-5,8-9H2,1-2H3,(H,24,25). The molecule has 4 heteroatoms. The van der Waals surface area contributed by atoms with E-state index in [1.165, 1.54) is 19.3 Å². The Balaban J connectivity index is 1.80. The number of ether oxygens (including phenoxy) is 1. The molecule has 0 heterocycles. The molecule has 0 aromatic heterocycles. The zero-order chi connectivity index (χ0) is 18.4. The van der Waals surface area contributed by atoms with Crippen molar-refractivity contribution in [2.75, 3.05) is 12.4 Å². The van der Waals surface area contributed by atoms with Crippen molar-refractivity contribution < 1.29 is 9.53 Å². The van der Waals surface area contributed by atoms with E-state index in [9.17, 15) is 4.79 Å². The third-order valence-electron chi connectivity index (χ3n) is 4.99. The summed E-state index contributed by atoms with van der Waals surface area (Å²) >= 11 is 0. The summed E-state index contributed by atoms with van der Waals surface area (Å²) in [6.45, 7) is 2.05. The van der Waals surface area contributed by atoms with Gasteiger partial charge in [-0.05, 0) is 55.2 Å². The summed E-state index contributed by atoms with van der Waals surface area (Å²) in [7, 11) is 1.65. The molecule has 0 spiro atoms. The molecule has 3 rings (SSSR count). The van der Waals surface area contributed by atoms with Crippen LogP contribution in [0.1, 0.15) is 49.3 Å². The number of carbonyl (C=O) groups is 1. The molecule has 2 N–H and O–H groups in total. The van der Waals surface area contributed by atoms with Crippen LogP contribution < -0.4 is 15.4 Å². The van der Waals surface area contributed by atoms with Gasteiger partial charge in [-0.15, -0.1) is 0 Å². The van der Waals surface area contributed by atoms with E-state index in [0.29, 0.717) is 0 Å². The Bertz CT molecular complexity index is 721. The maximum absolute atomic E-state index is 13.1. The lowest BCUT2D eigenvalue weighted by Gasteiger charge is -2.27. The van der Waals surface area contributed by atoms with Crippen molar-refractivity contribution in [3.8, 4) is 5.75 Å². The van der Waals surface area contributed by atoms with Crippen LogP contribution in [0.5, 0.6) is 5.75 Å². The van der Waals surface area contributed by atoms with E-state index < -0.39 is 6.04 Å². The third-order valence-corrected chi connectivity index (χ3v) is 4.99. The molecule has 0 aliphatic heterocycles. The molecule has 0 saturated heterocycles. The van der Waals surface area contributed by atoms with Crippen molar-refractivity contribution in [2.24, 2.45) is 0 Å². The normalized spacial score (nSPS) is 15.9. The molecule has 4 nitrogen and oxygen atoms in total. The molecule has 1 amide bonds. The summed E-state index contributed by atoms with van der Waals surface area (Å²) < 4.78 is 5.24. The minimum Gasteiger partial charge on any atom is -0.497 e. The lowest BCUT2D eigenvalue weighted by atomic mass is 9.95. The fourth-order valence-electron chi connectivity index (χ4n) is 3.53. The van der Waals surface area contributed by atoms with Gasteiger partial charge in [-0.2, -0.15) is 0 Å². The second kappa shape index (κ2) is 8.75. The van der Waals surface area contributed by atoms with Crippen molar-refractivity contribution in [3.63, 3.8) is 0 Å². The quantitative estimate of drug-likeness (QED) is 0.798. The van der Waals surface area contributed by atoms with E-state index >= 15 is 0 Å². The number of carbonyl (C=O) groups excluding carboxylic acids is 1. The van der Waals surface area contributed by atoms with E-state index in [1.54, 1.807) is 7.11 Å². The van der Waals surface area contributed by atoms with Gasteiger partial charge in [0, 0.05) is 11.7 Å². The number of amides is 1. The van der Waals surface area contributed by atoms with Crippen molar-refractivity contribution in [3.05, 3.63) is 59.7 Å². The summed E-state index contributed by atoms with van der Waals surface area (Å²) in [5, 5.41) is 6.66. The van der Waals surface area contributed by atoms with Crippen LogP contribution in [0.4, 0.5) is 5.69 Å². The molecular formula is C22H28N2O2. The first-order valence-corrected chi connectivity index (χ1v) is 9.43. The number of rotatable bonds is 6. The van der Waals surface area contributed by atoms with Crippen LogP contribution in [0.3, 0.4) is 0 Å². The molecule has 2 aromatic carbocycles. The number of aryl methyl sites for hydroxylation is 1. The Kier molecular flexibility index (Phi) is 6.16. The van der Waals surface area contributed by atoms with Gasteiger partial charge in [0.05, 0.1) is 7.11 Å². The minimum absolute atomic E-state index is 0.0311. The van der Waals surface area contributed by atoms with E-state index in [4.69, 9.17) is 4.74 Å². The summed E-state index contributed by atoms with van der Waals surface area (Å²) in [6, 6.07) is 15.7. The highest BCUT2D eigenvalue weighted by atomic mass is 16.5. The number of methoxy groups -OCH3 is 1. The molecule has 0 radical (unpaired) electrons. The van der Waals surface area contributed by atoms with Gasteiger partial charge in [-0.25, -0.2) is 0 Å². The second-order valence-electron chi connectivity index (χ2n) is 7.06. The molecule has 1 saturated carbocycles. The number of anilines is 1. The minimum atomic E-state index is -0.426. The Hall–Kier alpha value is -2.49. The third kappa shape index (κ3) is 4.78. The molecule has 1 unspecified atom stereocenters. The summed E-state index contributed by atoms with van der Waals surface area (Å²) in [4.78, 5) is 13.1. The van der Waals surface area contributed by atoms with Gasteiger partial charge in [0.2, 0.25) is 5.91 Å². The Morgan fingerprint density at radius 2 is 1.81 bits per heavy atom. The van der Waals surface area contributed by atoms with Crippen LogP contribution >= 0.6 is 0 Å². The van der Waals surface area contributed by atoms with Gasteiger partial charge < -0.3 is 15.4 Å². The van der Waals surface area contributed by atoms with Crippen molar-refractivity contribution in [2.45, 2.75) is 51.1 Å². The van der Waals surface area contributed by atoms with Gasteiger partial charge in [0.25, 0.3) is 0 Å². The Morgan fingerprint density at radius 3 is 2.46 bits per heavy atom. The van der Waals surface area contributed by atoms with Gasteiger partial charge in [-0.1, -0.05) is 43.5 Å². The van der Waals surface area contributed by atoms with Crippen LogP contribution in [0.25, 0.3) is 0 Å². The zero-order valence-corrected chi connectivity index (χ0v) is 15.6. The van der Waals surface area contributed by atoms with Gasteiger partial charge >= 0.3 is 0 Å². The molecule has 1 aliphatic rings. The van der Waals surface area contributed by atoms with Crippen LogP contribution in [0.2, 0.25) is 0 Å². The number of hydrogen-bond donors (Lipinski definition) is 2. The highest BCUT2D eigenvalue weighted by Crippen LogP contribution is 2.24. The van der Waals surface area contributed by atoms with E-state index in [1.807, 2.05) is 36.4 Å². The van der Waals surface area contributed by atoms with E-state index in [-0.39, 0.29) is 11.9 Å². The molecule has 1 aliphatic carbocycles. The Labute approximate surface area is 156 Å². The second-order valence-corrected chi connectivity index (χ2v) is 7.06. The van der Waals surface area contributed by atoms with Crippen LogP contribution in [-0.4, -0.2) is 19.1 Å². The molecule has 0 bridgehead atoms. The molecule has 138 valence electrons. The number of hydrogen-bond acceptors (Lipinski definition) is 3. The van der Waals surface area contributed by atoms with Crippen molar-refractivity contribution in [1.29, 1.82) is 0 Å². The van der Waals surface area contributed by atoms with Crippen LogP contribution in [-0.2, 0) is 4.79 Å². The summed E-state index contributed by atoms with van der Waals surface area (Å²) in [5.74, 6) is 0.819. The predicted molar refractivity (Wildman–Crippen MR) is 106 cm³/mol. The van der Waals surface area contributed by atoms with Crippen molar-refractivity contribution in [1.82, 2.24) is 5.32 Å². The number of benzene rings is 2. The average Bonchev–Trinajstić information content (AvgIpc) is 2.67. The topological polar surface area (TPSA) is 50.4 Å². The smallest absolute Gasteiger partial charge is 0.247 e. The fourth-order valence-corrected chi connectivity index (χ4v) is 3.53. The highest BCUT2D eigenvalue weighted by Gasteiger charge is 2.24. The molecule has 1 atom stereocenters. The molecule has 1 fully saturated rings. The SMILES string of the molecule is COc1ccc(C(Nc2cccc(C)c2)C(=O)NC2CCCCC2)cc1. The lowest BCUT2D eigenvalue weighted by Crippen LogP contribution is -2.41. The van der Waals surface area contributed by atoms with E-state index in [0.717, 1.165) is 35.4 Å². The maximum atomic E-state index is 13.1. The van der Waals surface area contributed by atoms with Crippen LogP contribution in [0.15, 0.2) is 48.5 Å². The summed E-state index contributed by atoms with van der Waals surface area (Å²) in [6.07, 6.45) is 5.82. The predicted octanol–water partition coefficient (Wildman–Crippen LogP) is 4.61. The van der Waals surface area contributed by atoms with E-state index in [2.05, 4.69) is 29.7 Å².